The fourth-order valence-corrected chi connectivity index (χ4v) is 2.29. The summed E-state index contributed by atoms with van der Waals surface area (Å²) in [6.45, 7) is 2.55. The van der Waals surface area contributed by atoms with Crippen molar-refractivity contribution in [1.82, 2.24) is 25.1 Å². The Hall–Kier alpha value is -1.01. The average molecular weight is 223 g/mol. The van der Waals surface area contributed by atoms with Gasteiger partial charge in [0.1, 0.15) is 0 Å². The van der Waals surface area contributed by atoms with E-state index in [1.807, 2.05) is 4.68 Å². The Kier molecular flexibility index (Phi) is 2.61. The van der Waals surface area contributed by atoms with Crippen molar-refractivity contribution in [2.24, 2.45) is 0 Å². The standard InChI is InChI=1S/C10H17N5O/c16-9-2-1-5-14(6-9)7-10-11-12-13-15(10)8-3-4-8/h8-9,16H,1-7H2. The van der Waals surface area contributed by atoms with Gasteiger partial charge >= 0.3 is 0 Å². The Balaban J connectivity index is 1.66. The molecule has 1 aliphatic heterocycles. The maximum atomic E-state index is 9.60. The van der Waals surface area contributed by atoms with Crippen LogP contribution in [0, 0.1) is 0 Å². The van der Waals surface area contributed by atoms with E-state index in [2.05, 4.69) is 20.4 Å². The lowest BCUT2D eigenvalue weighted by Gasteiger charge is -2.29. The van der Waals surface area contributed by atoms with Crippen LogP contribution in [0.2, 0.25) is 0 Å². The maximum absolute atomic E-state index is 9.60. The Bertz CT molecular complexity index is 362. The molecule has 0 bridgehead atoms. The lowest BCUT2D eigenvalue weighted by Crippen LogP contribution is -2.38. The molecule has 1 unspecified atom stereocenters. The van der Waals surface area contributed by atoms with E-state index in [1.165, 1.54) is 12.8 Å². The highest BCUT2D eigenvalue weighted by atomic mass is 16.3. The number of nitrogens with zero attached hydrogens (tertiary/aromatic N) is 5. The minimum Gasteiger partial charge on any atom is -0.392 e. The van der Waals surface area contributed by atoms with Crippen LogP contribution < -0.4 is 0 Å². The molecule has 0 radical (unpaired) electrons. The smallest absolute Gasteiger partial charge is 0.165 e. The molecule has 0 amide bonds. The molecule has 1 aromatic heterocycles. The van der Waals surface area contributed by atoms with Gasteiger partial charge in [0.15, 0.2) is 5.82 Å². The van der Waals surface area contributed by atoms with Crippen LogP contribution in [0.25, 0.3) is 0 Å². The summed E-state index contributed by atoms with van der Waals surface area (Å²) in [5.74, 6) is 0.941. The van der Waals surface area contributed by atoms with Crippen LogP contribution in [0.4, 0.5) is 0 Å². The molecule has 1 saturated carbocycles. The molecular weight excluding hydrogens is 206 g/mol. The van der Waals surface area contributed by atoms with E-state index in [0.717, 1.165) is 38.3 Å². The molecule has 1 saturated heterocycles. The van der Waals surface area contributed by atoms with Gasteiger partial charge in [-0.2, -0.15) is 0 Å². The summed E-state index contributed by atoms with van der Waals surface area (Å²) in [7, 11) is 0. The lowest BCUT2D eigenvalue weighted by atomic mass is 10.1. The molecule has 6 nitrogen and oxygen atoms in total. The molecule has 88 valence electrons. The SMILES string of the molecule is OC1CCCN(Cc2nnnn2C2CC2)C1. The predicted octanol–water partition coefficient (Wildman–Crippen LogP) is -0.0353. The van der Waals surface area contributed by atoms with Gasteiger partial charge in [0.2, 0.25) is 0 Å². The molecule has 1 aliphatic carbocycles. The third kappa shape index (κ3) is 2.08. The van der Waals surface area contributed by atoms with Crippen molar-refractivity contribution >= 4 is 0 Å². The summed E-state index contributed by atoms with van der Waals surface area (Å²) in [4.78, 5) is 2.23. The monoisotopic (exact) mass is 223 g/mol. The highest BCUT2D eigenvalue weighted by Gasteiger charge is 2.28. The number of tetrazole rings is 1. The van der Waals surface area contributed by atoms with Crippen LogP contribution in [-0.2, 0) is 6.54 Å². The zero-order chi connectivity index (χ0) is 11.0. The minimum atomic E-state index is -0.181. The van der Waals surface area contributed by atoms with Gasteiger partial charge in [0.25, 0.3) is 0 Å². The third-order valence-corrected chi connectivity index (χ3v) is 3.30. The Morgan fingerprint density at radius 1 is 1.31 bits per heavy atom. The number of hydrogen-bond acceptors (Lipinski definition) is 5. The van der Waals surface area contributed by atoms with Gasteiger partial charge in [-0.3, -0.25) is 4.90 Å². The number of hydrogen-bond donors (Lipinski definition) is 1. The van der Waals surface area contributed by atoms with Gasteiger partial charge in [-0.25, -0.2) is 4.68 Å². The quantitative estimate of drug-likeness (QED) is 0.779. The summed E-state index contributed by atoms with van der Waals surface area (Å²) < 4.78 is 1.95. The second-order valence-electron chi connectivity index (χ2n) is 4.80. The van der Waals surface area contributed by atoms with Gasteiger partial charge in [-0.05, 0) is 42.7 Å². The molecule has 3 rings (SSSR count). The van der Waals surface area contributed by atoms with Crippen LogP contribution in [-0.4, -0.2) is 49.4 Å². The van der Waals surface area contributed by atoms with Crippen LogP contribution in [0.1, 0.15) is 37.5 Å². The third-order valence-electron chi connectivity index (χ3n) is 3.30. The molecule has 1 N–H and O–H groups in total. The minimum absolute atomic E-state index is 0.181. The van der Waals surface area contributed by atoms with E-state index in [4.69, 9.17) is 0 Å². The first-order valence-electron chi connectivity index (χ1n) is 6.00. The fraction of sp³-hybridized carbons (Fsp3) is 0.900. The second-order valence-corrected chi connectivity index (χ2v) is 4.80. The highest BCUT2D eigenvalue weighted by molar-refractivity contribution is 4.91. The lowest BCUT2D eigenvalue weighted by molar-refractivity contribution is 0.0647. The van der Waals surface area contributed by atoms with Gasteiger partial charge in [-0.1, -0.05) is 0 Å². The molecule has 1 aromatic rings. The molecule has 0 spiro atoms. The van der Waals surface area contributed by atoms with Crippen molar-refractivity contribution in [3.8, 4) is 0 Å². The van der Waals surface area contributed by atoms with Gasteiger partial charge in [-0.15, -0.1) is 5.10 Å². The molecular formula is C10H17N5O. The van der Waals surface area contributed by atoms with E-state index in [1.54, 1.807) is 0 Å². The maximum Gasteiger partial charge on any atom is 0.165 e. The molecule has 16 heavy (non-hydrogen) atoms. The van der Waals surface area contributed by atoms with E-state index in [-0.39, 0.29) is 6.10 Å². The molecule has 0 aromatic carbocycles. The molecule has 2 aliphatic rings. The normalized spacial score (nSPS) is 27.2. The van der Waals surface area contributed by atoms with Gasteiger partial charge < -0.3 is 5.11 Å². The van der Waals surface area contributed by atoms with Gasteiger partial charge in [0.05, 0.1) is 18.7 Å². The molecule has 1 atom stereocenters. The number of aliphatic hydroxyl groups excluding tert-OH is 1. The molecule has 2 fully saturated rings. The van der Waals surface area contributed by atoms with Crippen LogP contribution >= 0.6 is 0 Å². The first-order valence-corrected chi connectivity index (χ1v) is 6.00. The van der Waals surface area contributed by atoms with Crippen molar-refractivity contribution < 1.29 is 5.11 Å². The van der Waals surface area contributed by atoms with E-state index < -0.39 is 0 Å². The average Bonchev–Trinajstić information content (AvgIpc) is 3.00. The largest absolute Gasteiger partial charge is 0.392 e. The van der Waals surface area contributed by atoms with Crippen molar-refractivity contribution in [1.29, 1.82) is 0 Å². The number of aromatic nitrogens is 4. The predicted molar refractivity (Wildman–Crippen MR) is 56.6 cm³/mol. The van der Waals surface area contributed by atoms with E-state index >= 15 is 0 Å². The summed E-state index contributed by atoms with van der Waals surface area (Å²) in [5.41, 5.74) is 0. The van der Waals surface area contributed by atoms with E-state index in [0.29, 0.717) is 6.04 Å². The zero-order valence-electron chi connectivity index (χ0n) is 9.29. The fourth-order valence-electron chi connectivity index (χ4n) is 2.29. The first-order chi connectivity index (χ1) is 7.83. The van der Waals surface area contributed by atoms with E-state index in [9.17, 15) is 5.11 Å². The number of piperidine rings is 1. The second kappa shape index (κ2) is 4.10. The van der Waals surface area contributed by atoms with Crippen molar-refractivity contribution in [3.63, 3.8) is 0 Å². The van der Waals surface area contributed by atoms with Crippen LogP contribution in [0.5, 0.6) is 0 Å². The van der Waals surface area contributed by atoms with Crippen LogP contribution in [0.3, 0.4) is 0 Å². The van der Waals surface area contributed by atoms with Crippen molar-refractivity contribution in [2.75, 3.05) is 13.1 Å². The summed E-state index contributed by atoms with van der Waals surface area (Å²) >= 11 is 0. The Morgan fingerprint density at radius 2 is 2.19 bits per heavy atom. The molecule has 2 heterocycles. The Labute approximate surface area is 94.2 Å². The first kappa shape index (κ1) is 10.2. The van der Waals surface area contributed by atoms with Gasteiger partial charge in [0, 0.05) is 6.54 Å². The topological polar surface area (TPSA) is 67.1 Å². The van der Waals surface area contributed by atoms with Crippen LogP contribution in [0.15, 0.2) is 0 Å². The molecule has 6 heteroatoms. The number of rotatable bonds is 3. The number of aliphatic hydroxyl groups is 1. The summed E-state index contributed by atoms with van der Waals surface area (Å²) in [6.07, 6.45) is 4.19. The Morgan fingerprint density at radius 3 is 2.94 bits per heavy atom. The zero-order valence-corrected chi connectivity index (χ0v) is 9.29. The number of likely N-dealkylation sites (tertiary alicyclic amines) is 1. The van der Waals surface area contributed by atoms with Crippen molar-refractivity contribution in [2.45, 2.75) is 44.4 Å². The van der Waals surface area contributed by atoms with Crippen molar-refractivity contribution in [3.05, 3.63) is 5.82 Å². The highest BCUT2D eigenvalue weighted by Crippen LogP contribution is 2.34. The number of β-amino-alcohol motifs (C(OH)–C–C–N with tert-alkyl or cyclic N) is 1. The summed E-state index contributed by atoms with van der Waals surface area (Å²) in [6, 6.07) is 0.528. The summed E-state index contributed by atoms with van der Waals surface area (Å²) in [5, 5.41) is 21.4.